The highest BCUT2D eigenvalue weighted by Crippen LogP contribution is 2.71. The van der Waals surface area contributed by atoms with E-state index in [2.05, 4.69) is 9.55 Å². The highest BCUT2D eigenvalue weighted by Gasteiger charge is 2.82. The van der Waals surface area contributed by atoms with Gasteiger partial charge in [0.15, 0.2) is 6.20 Å². The summed E-state index contributed by atoms with van der Waals surface area (Å²) in [4.78, 5) is 15.5. The summed E-state index contributed by atoms with van der Waals surface area (Å²) in [6.07, 6.45) is 7.92. The first-order valence-electron chi connectivity index (χ1n) is 10.4. The number of pyridine rings is 1. The van der Waals surface area contributed by atoms with Crippen molar-refractivity contribution >= 4 is 5.97 Å². The maximum atomic E-state index is 15.0. The number of ether oxygens (including phenoxy) is 1. The second kappa shape index (κ2) is 6.57. The van der Waals surface area contributed by atoms with Gasteiger partial charge in [0, 0.05) is 24.6 Å². The van der Waals surface area contributed by atoms with Gasteiger partial charge in [0.2, 0.25) is 17.6 Å². The van der Waals surface area contributed by atoms with Gasteiger partial charge in [0.05, 0.1) is 23.6 Å². The number of allylic oxidation sites excluding steroid dienone is 1. The van der Waals surface area contributed by atoms with Crippen LogP contribution in [0.3, 0.4) is 0 Å². The number of benzene rings is 1. The number of hydrogen-bond donors (Lipinski definition) is 1. The summed E-state index contributed by atoms with van der Waals surface area (Å²) in [5, 5.41) is 0. The molecule has 0 saturated heterocycles. The van der Waals surface area contributed by atoms with Crippen LogP contribution in [0.4, 0.5) is 8.78 Å². The number of nitrogens with one attached hydrogen (secondary N) is 1. The van der Waals surface area contributed by atoms with Gasteiger partial charge in [0.1, 0.15) is 24.1 Å². The highest BCUT2D eigenvalue weighted by molar-refractivity contribution is 5.86. The number of esters is 1. The van der Waals surface area contributed by atoms with Crippen LogP contribution in [0, 0.1) is 11.6 Å². The van der Waals surface area contributed by atoms with Crippen molar-refractivity contribution in [3.8, 4) is 11.3 Å². The Bertz CT molecular complexity index is 1270. The normalized spacial score (nSPS) is 24.4. The summed E-state index contributed by atoms with van der Waals surface area (Å²) < 4.78 is 38.7. The molecule has 2 atom stereocenters. The lowest BCUT2D eigenvalue weighted by Crippen LogP contribution is -2.54. The van der Waals surface area contributed by atoms with Crippen LogP contribution in [0.25, 0.3) is 11.3 Å². The Hall–Kier alpha value is -3.35. The molecule has 158 valence electrons. The molecule has 1 aliphatic carbocycles. The Morgan fingerprint density at radius 3 is 2.71 bits per heavy atom. The smallest absolute Gasteiger partial charge is 0.387 e. The van der Waals surface area contributed by atoms with Crippen molar-refractivity contribution in [1.29, 1.82) is 0 Å². The number of aromatic amines is 1. The van der Waals surface area contributed by atoms with Gasteiger partial charge in [-0.2, -0.15) is 4.57 Å². The second-order valence-electron chi connectivity index (χ2n) is 8.11. The number of rotatable bonds is 4. The highest BCUT2D eigenvalue weighted by atomic mass is 19.1. The van der Waals surface area contributed by atoms with Gasteiger partial charge in [-0.05, 0) is 24.1 Å². The van der Waals surface area contributed by atoms with Crippen LogP contribution in [-0.2, 0) is 22.7 Å². The van der Waals surface area contributed by atoms with Crippen LogP contribution in [0.1, 0.15) is 42.7 Å². The van der Waals surface area contributed by atoms with Crippen LogP contribution in [-0.4, -0.2) is 11.0 Å². The van der Waals surface area contributed by atoms with Crippen molar-refractivity contribution in [3.05, 3.63) is 83.8 Å². The van der Waals surface area contributed by atoms with Crippen molar-refractivity contribution in [1.82, 2.24) is 4.98 Å². The minimum Gasteiger partial charge on any atom is -0.428 e. The van der Waals surface area contributed by atoms with E-state index in [0.717, 1.165) is 11.6 Å². The summed E-state index contributed by atoms with van der Waals surface area (Å²) in [5.74, 6) is -1.70. The summed E-state index contributed by atoms with van der Waals surface area (Å²) in [7, 11) is 1.74. The molecule has 0 radical (unpaired) electrons. The molecule has 3 heterocycles. The van der Waals surface area contributed by atoms with Crippen LogP contribution in [0.15, 0.2) is 60.9 Å². The molecule has 2 unspecified atom stereocenters. The molecule has 0 spiro atoms. The zero-order valence-corrected chi connectivity index (χ0v) is 17.6. The number of aromatic nitrogens is 3. The fourth-order valence-corrected chi connectivity index (χ4v) is 5.69. The van der Waals surface area contributed by atoms with E-state index in [1.54, 1.807) is 24.1 Å². The zero-order chi connectivity index (χ0) is 22.0. The predicted molar refractivity (Wildman–Crippen MR) is 108 cm³/mol. The van der Waals surface area contributed by atoms with Gasteiger partial charge in [-0.25, -0.2) is 23.1 Å². The molecule has 5 rings (SSSR count). The largest absolute Gasteiger partial charge is 0.428 e. The monoisotopic (exact) mass is 423 g/mol. The Labute approximate surface area is 178 Å². The molecule has 5 nitrogen and oxygen atoms in total. The zero-order valence-electron chi connectivity index (χ0n) is 17.6. The average molecular weight is 423 g/mol. The summed E-state index contributed by atoms with van der Waals surface area (Å²) in [6.45, 7) is 4.05. The van der Waals surface area contributed by atoms with Crippen LogP contribution in [0.2, 0.25) is 0 Å². The van der Waals surface area contributed by atoms with Crippen molar-refractivity contribution in [2.75, 3.05) is 0 Å². The molecule has 0 amide bonds. The number of halogens is 2. The number of H-pyrrole nitrogens is 1. The maximum absolute atomic E-state index is 15.0. The molecular formula is C24H23F2N3O2+2. The summed E-state index contributed by atoms with van der Waals surface area (Å²) in [6, 6.07) is 7.94. The fourth-order valence-electron chi connectivity index (χ4n) is 5.69. The molecule has 2 aliphatic rings. The Morgan fingerprint density at radius 2 is 2.03 bits per heavy atom. The number of imidazole rings is 1. The van der Waals surface area contributed by atoms with E-state index in [0.29, 0.717) is 35.4 Å². The minimum atomic E-state index is -0.653. The van der Waals surface area contributed by atoms with E-state index in [-0.39, 0.29) is 0 Å². The van der Waals surface area contributed by atoms with E-state index in [9.17, 15) is 9.18 Å². The number of hydrogen-bond acceptors (Lipinski definition) is 2. The number of nitrogens with zero attached hydrogens (tertiary/aromatic N) is 2. The topological polar surface area (TPSA) is 49.9 Å². The third-order valence-corrected chi connectivity index (χ3v) is 6.99. The van der Waals surface area contributed by atoms with Crippen LogP contribution in [0.5, 0.6) is 0 Å². The number of carbonyl (C=O) groups is 1. The fraction of sp³-hybridized carbons (Fsp3) is 0.292. The second-order valence-corrected chi connectivity index (χ2v) is 8.11. The third-order valence-electron chi connectivity index (χ3n) is 6.99. The van der Waals surface area contributed by atoms with E-state index >= 15 is 4.39 Å². The molecule has 1 aliphatic heterocycles. The summed E-state index contributed by atoms with van der Waals surface area (Å²) >= 11 is 0. The Balaban J connectivity index is 1.72. The van der Waals surface area contributed by atoms with E-state index in [1.165, 1.54) is 12.3 Å². The van der Waals surface area contributed by atoms with Crippen molar-refractivity contribution in [2.24, 2.45) is 7.05 Å². The Morgan fingerprint density at radius 1 is 1.23 bits per heavy atom. The van der Waals surface area contributed by atoms with Crippen LogP contribution >= 0.6 is 0 Å². The quantitative estimate of drug-likeness (QED) is 0.396. The van der Waals surface area contributed by atoms with Gasteiger partial charge in [-0.15, -0.1) is 0 Å². The van der Waals surface area contributed by atoms with E-state index in [4.69, 9.17) is 4.74 Å². The number of fused-ring (bicyclic) bond motifs is 6. The molecule has 1 N–H and O–H groups in total. The van der Waals surface area contributed by atoms with Crippen molar-refractivity contribution < 1.29 is 27.4 Å². The molecule has 1 fully saturated rings. The van der Waals surface area contributed by atoms with E-state index in [1.807, 2.05) is 38.2 Å². The number of carbonyl (C=O) groups excluding carboxylic acids is 1. The SMILES string of the molecule is CCC12C(=COC(=O)c3c[nH]c[n+]3C)C1(CC)[n+]1ccccc1-c1c(F)cc(F)cc12. The molecule has 31 heavy (non-hydrogen) atoms. The lowest BCUT2D eigenvalue weighted by Gasteiger charge is -2.27. The molecule has 0 bridgehead atoms. The first-order valence-corrected chi connectivity index (χ1v) is 10.4. The minimum absolute atomic E-state index is 0.377. The van der Waals surface area contributed by atoms with Gasteiger partial charge in [0.25, 0.3) is 5.69 Å². The van der Waals surface area contributed by atoms with Gasteiger partial charge in [-0.3, -0.25) is 0 Å². The first-order chi connectivity index (χ1) is 14.9. The predicted octanol–water partition coefficient (Wildman–Crippen LogP) is 3.59. The number of aryl methyl sites for hydroxylation is 1. The molecule has 2 aromatic heterocycles. The lowest BCUT2D eigenvalue weighted by atomic mass is 9.79. The van der Waals surface area contributed by atoms with Crippen molar-refractivity contribution in [2.45, 2.75) is 37.6 Å². The Kier molecular flexibility index (Phi) is 4.16. The van der Waals surface area contributed by atoms with Crippen LogP contribution < -0.4 is 9.13 Å². The molecular weight excluding hydrogens is 400 g/mol. The standard InChI is InChI=1S/C24H22F2N3O2/c1-4-23-16-10-15(25)11-17(26)21(16)18-8-6-7-9-29(18)24(23,5-2)20(23)13-31-22(30)19-12-27-14-28(19)3/h6-14H,4-5H2,1-3H3/q+1/p+1. The van der Waals surface area contributed by atoms with Gasteiger partial charge < -0.3 is 4.74 Å². The first kappa shape index (κ1) is 19.6. The molecule has 1 saturated carbocycles. The molecule has 1 aromatic carbocycles. The summed E-state index contributed by atoms with van der Waals surface area (Å²) in [5.41, 5.74) is 1.72. The van der Waals surface area contributed by atoms with Gasteiger partial charge in [-0.1, -0.05) is 13.8 Å². The third kappa shape index (κ3) is 2.31. The molecule has 3 aromatic rings. The van der Waals surface area contributed by atoms with Crippen molar-refractivity contribution in [3.63, 3.8) is 0 Å². The van der Waals surface area contributed by atoms with E-state index < -0.39 is 28.6 Å². The lowest BCUT2D eigenvalue weighted by molar-refractivity contribution is -0.732. The average Bonchev–Trinajstić information content (AvgIpc) is 3.14. The van der Waals surface area contributed by atoms with Gasteiger partial charge >= 0.3 is 5.97 Å². The molecule has 7 heteroatoms. The maximum Gasteiger partial charge on any atom is 0.387 e.